The molecule has 24 heavy (non-hydrogen) atoms. The Morgan fingerprint density at radius 3 is 2.42 bits per heavy atom. The van der Waals surface area contributed by atoms with Gasteiger partial charge in [-0.1, -0.05) is 0 Å². The van der Waals surface area contributed by atoms with Gasteiger partial charge in [0.2, 0.25) is 11.8 Å². The largest absolute Gasteiger partial charge is 0.481 e. The molecule has 2 atom stereocenters. The van der Waals surface area contributed by atoms with Crippen molar-refractivity contribution < 1.29 is 19.5 Å². The lowest BCUT2D eigenvalue weighted by Gasteiger charge is -2.35. The number of carboxylic acids is 1. The highest BCUT2D eigenvalue weighted by atomic mass is 16.4. The van der Waals surface area contributed by atoms with Crippen LogP contribution >= 0.6 is 0 Å². The smallest absolute Gasteiger partial charge is 0.308 e. The maximum absolute atomic E-state index is 12.4. The number of hydrogen-bond donors (Lipinski definition) is 2. The molecule has 1 saturated heterocycles. The second-order valence-corrected chi connectivity index (χ2v) is 6.56. The van der Waals surface area contributed by atoms with Crippen LogP contribution in [0.4, 0.5) is 0 Å². The van der Waals surface area contributed by atoms with Crippen molar-refractivity contribution in [2.75, 3.05) is 13.1 Å². The summed E-state index contributed by atoms with van der Waals surface area (Å²) < 4.78 is 0. The van der Waals surface area contributed by atoms with Gasteiger partial charge in [-0.05, 0) is 37.0 Å². The lowest BCUT2D eigenvalue weighted by molar-refractivity contribution is -0.148. The van der Waals surface area contributed by atoms with Gasteiger partial charge in [0.15, 0.2) is 0 Å². The van der Waals surface area contributed by atoms with E-state index in [1.54, 1.807) is 17.3 Å². The van der Waals surface area contributed by atoms with Crippen molar-refractivity contribution in [3.05, 3.63) is 30.1 Å². The van der Waals surface area contributed by atoms with E-state index in [0.29, 0.717) is 13.1 Å². The van der Waals surface area contributed by atoms with Gasteiger partial charge in [0.1, 0.15) is 0 Å². The first-order chi connectivity index (χ1) is 11.5. The molecule has 7 heteroatoms. The van der Waals surface area contributed by atoms with E-state index in [2.05, 4.69) is 10.3 Å². The van der Waals surface area contributed by atoms with Gasteiger partial charge in [-0.15, -0.1) is 0 Å². The van der Waals surface area contributed by atoms with Crippen LogP contribution in [0.2, 0.25) is 0 Å². The summed E-state index contributed by atoms with van der Waals surface area (Å²) in [7, 11) is 0. The van der Waals surface area contributed by atoms with Crippen LogP contribution in [-0.2, 0) is 20.9 Å². The van der Waals surface area contributed by atoms with Crippen molar-refractivity contribution in [1.29, 1.82) is 0 Å². The van der Waals surface area contributed by atoms with Crippen molar-refractivity contribution in [1.82, 2.24) is 15.2 Å². The predicted molar refractivity (Wildman–Crippen MR) is 84.6 cm³/mol. The van der Waals surface area contributed by atoms with Gasteiger partial charge in [0.05, 0.1) is 11.8 Å². The van der Waals surface area contributed by atoms with Crippen LogP contribution < -0.4 is 5.32 Å². The molecule has 0 aromatic carbocycles. The number of aromatic nitrogens is 1. The Balaban J connectivity index is 1.62. The van der Waals surface area contributed by atoms with Crippen LogP contribution in [0.5, 0.6) is 0 Å². The molecule has 1 aliphatic heterocycles. The second-order valence-electron chi connectivity index (χ2n) is 6.56. The summed E-state index contributed by atoms with van der Waals surface area (Å²) in [6.07, 6.45) is 5.31. The number of nitrogens with one attached hydrogen (secondary N) is 1. The number of nitrogens with zero attached hydrogens (tertiary/aromatic N) is 2. The zero-order valence-electron chi connectivity index (χ0n) is 13.4. The highest BCUT2D eigenvalue weighted by molar-refractivity contribution is 5.85. The molecule has 3 rings (SSSR count). The first kappa shape index (κ1) is 16.4. The van der Waals surface area contributed by atoms with E-state index in [1.807, 2.05) is 12.1 Å². The number of pyridine rings is 1. The second kappa shape index (κ2) is 6.98. The van der Waals surface area contributed by atoms with Crippen LogP contribution in [0.15, 0.2) is 24.5 Å². The van der Waals surface area contributed by atoms with E-state index < -0.39 is 17.8 Å². The lowest BCUT2D eigenvalue weighted by Crippen LogP contribution is -2.50. The number of carbonyl (C=O) groups excluding carboxylic acids is 2. The Labute approximate surface area is 140 Å². The monoisotopic (exact) mass is 331 g/mol. The number of aliphatic carboxylic acids is 1. The summed E-state index contributed by atoms with van der Waals surface area (Å²) in [4.78, 5) is 41.6. The van der Waals surface area contributed by atoms with Crippen LogP contribution in [0.3, 0.4) is 0 Å². The molecule has 0 radical (unpaired) electrons. The molecule has 1 saturated carbocycles. The molecule has 2 heterocycles. The average molecular weight is 331 g/mol. The van der Waals surface area contributed by atoms with Gasteiger partial charge in [-0.3, -0.25) is 19.4 Å². The topological polar surface area (TPSA) is 99.6 Å². The minimum absolute atomic E-state index is 0.00659. The minimum Gasteiger partial charge on any atom is -0.481 e. The molecule has 0 unspecified atom stereocenters. The highest BCUT2D eigenvalue weighted by Crippen LogP contribution is 2.33. The fraction of sp³-hybridized carbons (Fsp3) is 0.529. The van der Waals surface area contributed by atoms with Crippen LogP contribution in [0.1, 0.15) is 24.8 Å². The molecule has 0 spiro atoms. The molecule has 0 bridgehead atoms. The maximum Gasteiger partial charge on any atom is 0.308 e. The zero-order chi connectivity index (χ0) is 17.1. The lowest BCUT2D eigenvalue weighted by atomic mass is 9.88. The van der Waals surface area contributed by atoms with Gasteiger partial charge >= 0.3 is 5.97 Å². The highest BCUT2D eigenvalue weighted by Gasteiger charge is 2.41. The number of carbonyl (C=O) groups is 3. The van der Waals surface area contributed by atoms with Gasteiger partial charge in [0, 0.05) is 37.9 Å². The molecular weight excluding hydrogens is 310 g/mol. The Morgan fingerprint density at radius 1 is 1.12 bits per heavy atom. The van der Waals surface area contributed by atoms with Gasteiger partial charge in [-0.2, -0.15) is 0 Å². The number of amides is 2. The van der Waals surface area contributed by atoms with Crippen LogP contribution in [0.25, 0.3) is 0 Å². The molecule has 1 aromatic heterocycles. The maximum atomic E-state index is 12.4. The summed E-state index contributed by atoms with van der Waals surface area (Å²) >= 11 is 0. The Morgan fingerprint density at radius 2 is 1.79 bits per heavy atom. The van der Waals surface area contributed by atoms with E-state index in [9.17, 15) is 19.5 Å². The summed E-state index contributed by atoms with van der Waals surface area (Å²) in [6, 6.07) is 3.62. The Bertz CT molecular complexity index is 630. The van der Waals surface area contributed by atoms with Crippen LogP contribution in [0, 0.1) is 17.8 Å². The van der Waals surface area contributed by atoms with Crippen LogP contribution in [-0.4, -0.2) is 45.9 Å². The standard InChI is InChI=1S/C17H21N3O4/c21-15(19-8-11-3-5-18-6-4-11)13-7-14(17(23)24)10-20(9-13)16(22)12-1-2-12/h3-6,12-14H,1-2,7-10H2,(H,19,21)(H,23,24)/t13-,14+/m0/s1. The van der Waals surface area contributed by atoms with Crippen molar-refractivity contribution in [3.63, 3.8) is 0 Å². The summed E-state index contributed by atoms with van der Waals surface area (Å²) in [6.45, 7) is 0.881. The molecule has 2 aliphatic rings. The van der Waals surface area contributed by atoms with Crippen molar-refractivity contribution >= 4 is 17.8 Å². The quantitative estimate of drug-likeness (QED) is 0.825. The number of hydrogen-bond acceptors (Lipinski definition) is 4. The summed E-state index contributed by atoms with van der Waals surface area (Å²) in [5, 5.41) is 12.2. The minimum atomic E-state index is -0.949. The van der Waals surface area contributed by atoms with Crippen molar-refractivity contribution in [2.45, 2.75) is 25.8 Å². The molecular formula is C17H21N3O4. The first-order valence-electron chi connectivity index (χ1n) is 8.23. The zero-order valence-corrected chi connectivity index (χ0v) is 13.4. The van der Waals surface area contributed by atoms with E-state index in [0.717, 1.165) is 18.4 Å². The molecule has 1 aliphatic carbocycles. The summed E-state index contributed by atoms with van der Waals surface area (Å²) in [5.74, 6) is -2.30. The third-order valence-corrected chi connectivity index (χ3v) is 4.62. The van der Waals surface area contributed by atoms with Gasteiger partial charge < -0.3 is 15.3 Å². The number of likely N-dealkylation sites (tertiary alicyclic amines) is 1. The normalized spacial score (nSPS) is 23.6. The van der Waals surface area contributed by atoms with Crippen molar-refractivity contribution in [2.24, 2.45) is 17.8 Å². The van der Waals surface area contributed by atoms with E-state index in [4.69, 9.17) is 0 Å². The number of rotatable bonds is 5. The fourth-order valence-corrected chi connectivity index (χ4v) is 3.07. The summed E-state index contributed by atoms with van der Waals surface area (Å²) in [5.41, 5.74) is 0.926. The molecule has 2 fully saturated rings. The third kappa shape index (κ3) is 3.90. The van der Waals surface area contributed by atoms with Gasteiger partial charge in [0.25, 0.3) is 0 Å². The Hall–Kier alpha value is -2.44. The number of piperidine rings is 1. The molecule has 2 N–H and O–H groups in total. The SMILES string of the molecule is O=C(O)[C@@H]1C[C@H](C(=O)NCc2ccncc2)CN(C(=O)C2CC2)C1. The number of carboxylic acid groups (broad SMARTS) is 1. The van der Waals surface area contributed by atoms with Crippen molar-refractivity contribution in [3.8, 4) is 0 Å². The van der Waals surface area contributed by atoms with E-state index >= 15 is 0 Å². The van der Waals surface area contributed by atoms with Gasteiger partial charge in [-0.25, -0.2) is 0 Å². The Kier molecular flexibility index (Phi) is 4.78. The molecule has 7 nitrogen and oxygen atoms in total. The average Bonchev–Trinajstić information content (AvgIpc) is 3.44. The molecule has 2 amide bonds. The molecule has 1 aromatic rings. The fourth-order valence-electron chi connectivity index (χ4n) is 3.07. The third-order valence-electron chi connectivity index (χ3n) is 4.62. The first-order valence-corrected chi connectivity index (χ1v) is 8.23. The van der Waals surface area contributed by atoms with E-state index in [-0.39, 0.29) is 30.7 Å². The predicted octanol–water partition coefficient (Wildman–Crippen LogP) is 0.657. The molecule has 128 valence electrons. The van der Waals surface area contributed by atoms with E-state index in [1.165, 1.54) is 0 Å².